The second-order valence-corrected chi connectivity index (χ2v) is 3.56. The first kappa shape index (κ1) is 11.9. The van der Waals surface area contributed by atoms with Crippen LogP contribution in [0.4, 0.5) is 0 Å². The molecule has 0 spiro atoms. The van der Waals surface area contributed by atoms with Gasteiger partial charge in [-0.1, -0.05) is 0 Å². The Kier molecular flexibility index (Phi) is 3.14. The lowest BCUT2D eigenvalue weighted by molar-refractivity contribution is 0.0660. The van der Waals surface area contributed by atoms with E-state index in [1.165, 1.54) is 6.07 Å². The van der Waals surface area contributed by atoms with Gasteiger partial charge in [0.1, 0.15) is 11.5 Å². The van der Waals surface area contributed by atoms with Gasteiger partial charge in [0.25, 0.3) is 0 Å². The molecule has 0 amide bonds. The van der Waals surface area contributed by atoms with Crippen LogP contribution in [-0.4, -0.2) is 18.2 Å². The van der Waals surface area contributed by atoms with Crippen LogP contribution in [0.1, 0.15) is 10.6 Å². The van der Waals surface area contributed by atoms with Crippen molar-refractivity contribution in [3.8, 4) is 17.1 Å². The normalized spacial score (nSPS) is 10.1. The van der Waals surface area contributed by atoms with Crippen LogP contribution < -0.4 is 10.2 Å². The van der Waals surface area contributed by atoms with Crippen molar-refractivity contribution in [2.45, 2.75) is 0 Å². The number of ether oxygens (including phenoxy) is 1. The summed E-state index contributed by atoms with van der Waals surface area (Å²) in [4.78, 5) is 22.1. The number of aromatic carboxylic acids is 1. The van der Waals surface area contributed by atoms with Crippen LogP contribution in [0.5, 0.6) is 5.75 Å². The lowest BCUT2D eigenvalue weighted by atomic mass is 10.1. The topological polar surface area (TPSA) is 76.7 Å². The molecule has 2 aromatic rings. The quantitative estimate of drug-likeness (QED) is 0.896. The largest absolute Gasteiger partial charge is 0.497 e. The van der Waals surface area contributed by atoms with Crippen LogP contribution >= 0.6 is 0 Å². The molecule has 5 heteroatoms. The second-order valence-electron chi connectivity index (χ2n) is 3.56. The molecule has 1 aromatic heterocycles. The van der Waals surface area contributed by atoms with Gasteiger partial charge in [-0.2, -0.15) is 0 Å². The van der Waals surface area contributed by atoms with Crippen LogP contribution in [0.2, 0.25) is 0 Å². The molecule has 0 aliphatic heterocycles. The van der Waals surface area contributed by atoms with Gasteiger partial charge in [-0.15, -0.1) is 0 Å². The van der Waals surface area contributed by atoms with Gasteiger partial charge in [0, 0.05) is 17.7 Å². The summed E-state index contributed by atoms with van der Waals surface area (Å²) in [5, 5.41) is 8.81. The molecule has 5 nitrogen and oxygen atoms in total. The lowest BCUT2D eigenvalue weighted by Crippen LogP contribution is -2.05. The highest BCUT2D eigenvalue weighted by molar-refractivity contribution is 5.84. The molecule has 0 radical (unpaired) electrons. The lowest BCUT2D eigenvalue weighted by Gasteiger charge is -2.03. The Hall–Kier alpha value is -2.56. The van der Waals surface area contributed by atoms with E-state index in [1.807, 2.05) is 0 Å². The molecule has 1 N–H and O–H groups in total. The van der Waals surface area contributed by atoms with E-state index in [2.05, 4.69) is 0 Å². The number of carbonyl (C=O) groups is 1. The number of hydrogen-bond acceptors (Lipinski definition) is 4. The summed E-state index contributed by atoms with van der Waals surface area (Å²) in [5.74, 6) is -0.784. The molecule has 1 heterocycles. The maximum absolute atomic E-state index is 11.4. The Morgan fingerprint density at radius 1 is 1.22 bits per heavy atom. The molecule has 0 bridgehead atoms. The summed E-state index contributed by atoms with van der Waals surface area (Å²) < 4.78 is 10.1. The molecule has 1 aromatic carbocycles. The van der Waals surface area contributed by atoms with E-state index in [1.54, 1.807) is 31.4 Å². The Balaban J connectivity index is 2.49. The monoisotopic (exact) mass is 246 g/mol. The number of benzene rings is 1. The molecule has 18 heavy (non-hydrogen) atoms. The Bertz CT molecular complexity index is 625. The summed E-state index contributed by atoms with van der Waals surface area (Å²) in [7, 11) is 1.54. The zero-order valence-corrected chi connectivity index (χ0v) is 9.54. The third kappa shape index (κ3) is 2.40. The van der Waals surface area contributed by atoms with Crippen LogP contribution in [0, 0.1) is 0 Å². The molecule has 0 unspecified atom stereocenters. The SMILES string of the molecule is COc1ccc(-c2cc(=O)cc(C(=O)O)o2)cc1. The number of methoxy groups -OCH3 is 1. The molecule has 2 rings (SSSR count). The summed E-state index contributed by atoms with van der Waals surface area (Å²) >= 11 is 0. The molecular weight excluding hydrogens is 236 g/mol. The summed E-state index contributed by atoms with van der Waals surface area (Å²) in [6, 6.07) is 8.95. The van der Waals surface area contributed by atoms with Crippen LogP contribution in [-0.2, 0) is 0 Å². The van der Waals surface area contributed by atoms with Gasteiger partial charge in [0.05, 0.1) is 7.11 Å². The smallest absolute Gasteiger partial charge is 0.371 e. The van der Waals surface area contributed by atoms with Gasteiger partial charge >= 0.3 is 5.97 Å². The molecule has 92 valence electrons. The third-order valence-electron chi connectivity index (χ3n) is 2.35. The highest BCUT2D eigenvalue weighted by Gasteiger charge is 2.10. The fourth-order valence-electron chi connectivity index (χ4n) is 1.48. The van der Waals surface area contributed by atoms with Gasteiger partial charge in [0.2, 0.25) is 5.76 Å². The van der Waals surface area contributed by atoms with Crippen molar-refractivity contribution in [2.24, 2.45) is 0 Å². The minimum absolute atomic E-state index is 0.211. The van der Waals surface area contributed by atoms with Crippen molar-refractivity contribution in [2.75, 3.05) is 7.11 Å². The molecular formula is C13H10O5. The molecule has 0 saturated carbocycles. The van der Waals surface area contributed by atoms with E-state index in [0.29, 0.717) is 11.3 Å². The zero-order chi connectivity index (χ0) is 13.1. The third-order valence-corrected chi connectivity index (χ3v) is 2.35. The standard InChI is InChI=1S/C13H10O5/c1-17-10-4-2-8(3-5-10)11-6-9(14)7-12(18-11)13(15)16/h2-7H,1H3,(H,15,16). The van der Waals surface area contributed by atoms with Crippen molar-refractivity contribution in [1.82, 2.24) is 0 Å². The second kappa shape index (κ2) is 4.75. The van der Waals surface area contributed by atoms with E-state index in [4.69, 9.17) is 14.3 Å². The Morgan fingerprint density at radius 3 is 2.44 bits per heavy atom. The van der Waals surface area contributed by atoms with Crippen molar-refractivity contribution < 1.29 is 19.1 Å². The van der Waals surface area contributed by atoms with Crippen molar-refractivity contribution in [1.29, 1.82) is 0 Å². The van der Waals surface area contributed by atoms with Crippen LogP contribution in [0.3, 0.4) is 0 Å². The van der Waals surface area contributed by atoms with Gasteiger partial charge in [-0.05, 0) is 24.3 Å². The molecule has 0 aliphatic carbocycles. The number of carboxylic acids is 1. The summed E-state index contributed by atoms with van der Waals surface area (Å²) in [6.45, 7) is 0. The van der Waals surface area contributed by atoms with E-state index in [-0.39, 0.29) is 11.5 Å². The minimum atomic E-state index is -1.28. The fourth-order valence-corrected chi connectivity index (χ4v) is 1.48. The maximum atomic E-state index is 11.4. The maximum Gasteiger partial charge on any atom is 0.371 e. The average Bonchev–Trinajstić information content (AvgIpc) is 2.38. The van der Waals surface area contributed by atoms with E-state index >= 15 is 0 Å². The van der Waals surface area contributed by atoms with Gasteiger partial charge < -0.3 is 14.3 Å². The van der Waals surface area contributed by atoms with Crippen molar-refractivity contribution in [3.63, 3.8) is 0 Å². The highest BCUT2D eigenvalue weighted by Crippen LogP contribution is 2.22. The average molecular weight is 246 g/mol. The van der Waals surface area contributed by atoms with Gasteiger partial charge in [-0.3, -0.25) is 4.79 Å². The van der Waals surface area contributed by atoms with E-state index in [9.17, 15) is 9.59 Å². The predicted octanol–water partition coefficient (Wildman–Crippen LogP) is 2.01. The summed E-state index contributed by atoms with van der Waals surface area (Å²) in [6.07, 6.45) is 0. The number of hydrogen-bond donors (Lipinski definition) is 1. The summed E-state index contributed by atoms with van der Waals surface area (Å²) in [5.41, 5.74) is 0.195. The fraction of sp³-hybridized carbons (Fsp3) is 0.0769. The van der Waals surface area contributed by atoms with Crippen molar-refractivity contribution >= 4 is 5.97 Å². The highest BCUT2D eigenvalue weighted by atomic mass is 16.5. The minimum Gasteiger partial charge on any atom is -0.497 e. The molecule has 0 atom stereocenters. The van der Waals surface area contributed by atoms with E-state index < -0.39 is 11.4 Å². The van der Waals surface area contributed by atoms with Crippen LogP contribution in [0.25, 0.3) is 11.3 Å². The molecule has 0 aliphatic rings. The Labute approximate surface area is 102 Å². The van der Waals surface area contributed by atoms with Gasteiger partial charge in [0.15, 0.2) is 5.43 Å². The number of rotatable bonds is 3. The first-order chi connectivity index (χ1) is 8.60. The van der Waals surface area contributed by atoms with Gasteiger partial charge in [-0.25, -0.2) is 4.79 Å². The van der Waals surface area contributed by atoms with Crippen LogP contribution in [0.15, 0.2) is 45.6 Å². The first-order valence-corrected chi connectivity index (χ1v) is 5.13. The Morgan fingerprint density at radius 2 is 1.89 bits per heavy atom. The number of carboxylic acid groups (broad SMARTS) is 1. The van der Waals surface area contributed by atoms with E-state index in [0.717, 1.165) is 6.07 Å². The predicted molar refractivity (Wildman–Crippen MR) is 63.9 cm³/mol. The van der Waals surface area contributed by atoms with Crippen molar-refractivity contribution in [3.05, 3.63) is 52.4 Å². The molecule has 0 fully saturated rings. The molecule has 0 saturated heterocycles. The first-order valence-electron chi connectivity index (χ1n) is 5.13. The zero-order valence-electron chi connectivity index (χ0n) is 9.54.